The molecule has 3 aliphatic heterocycles. The molecular formula is C31H38N8O3. The first-order valence-electron chi connectivity index (χ1n) is 15.0. The molecule has 4 aromatic rings. The predicted octanol–water partition coefficient (Wildman–Crippen LogP) is 3.77. The zero-order chi connectivity index (χ0) is 28.8. The number of hydrogen-bond acceptors (Lipinski definition) is 8. The van der Waals surface area contributed by atoms with Gasteiger partial charge < -0.3 is 25.0 Å². The van der Waals surface area contributed by atoms with Gasteiger partial charge in [0, 0.05) is 54.5 Å². The molecule has 7 rings (SSSR count). The van der Waals surface area contributed by atoms with E-state index in [0.717, 1.165) is 66.8 Å². The van der Waals surface area contributed by atoms with E-state index in [1.165, 1.54) is 0 Å². The summed E-state index contributed by atoms with van der Waals surface area (Å²) in [6.07, 6.45) is 5.85. The zero-order valence-corrected chi connectivity index (χ0v) is 24.3. The van der Waals surface area contributed by atoms with E-state index in [-0.39, 0.29) is 23.7 Å². The molecule has 0 spiro atoms. The molecule has 2 aromatic heterocycles. The summed E-state index contributed by atoms with van der Waals surface area (Å²) in [5.41, 5.74) is 11.4. The highest BCUT2D eigenvalue weighted by Crippen LogP contribution is 2.38. The molecule has 0 aliphatic carbocycles. The van der Waals surface area contributed by atoms with Crippen molar-refractivity contribution in [2.24, 2.45) is 5.73 Å². The smallest absolute Gasteiger partial charge is 0.254 e. The van der Waals surface area contributed by atoms with Gasteiger partial charge in [0.2, 0.25) is 0 Å². The van der Waals surface area contributed by atoms with Crippen LogP contribution in [-0.4, -0.2) is 86.6 Å². The van der Waals surface area contributed by atoms with Gasteiger partial charge in [0.1, 0.15) is 11.4 Å². The Morgan fingerprint density at radius 1 is 0.976 bits per heavy atom. The topological polar surface area (TPSA) is 117 Å². The SMILES string of the molecule is CC1(C)C(N)CCN1c1ccc2c(c1)c(-c1cn(-c3ccc(C(=O)N4CCOCC4)cc3)nn1)nn2C1CCCCO1. The molecule has 0 radical (unpaired) electrons. The molecule has 11 heteroatoms. The third-order valence-corrected chi connectivity index (χ3v) is 9.11. The molecule has 1 amide bonds. The van der Waals surface area contributed by atoms with E-state index < -0.39 is 0 Å². The van der Waals surface area contributed by atoms with Crippen molar-refractivity contribution in [3.63, 3.8) is 0 Å². The van der Waals surface area contributed by atoms with Crippen LogP contribution in [-0.2, 0) is 9.47 Å². The van der Waals surface area contributed by atoms with Crippen LogP contribution in [0.2, 0.25) is 0 Å². The average Bonchev–Trinajstić information content (AvgIpc) is 3.73. The van der Waals surface area contributed by atoms with Gasteiger partial charge in [-0.15, -0.1) is 5.10 Å². The maximum absolute atomic E-state index is 12.9. The van der Waals surface area contributed by atoms with Crippen molar-refractivity contribution in [1.29, 1.82) is 0 Å². The monoisotopic (exact) mass is 570 g/mol. The van der Waals surface area contributed by atoms with Crippen LogP contribution in [0.1, 0.15) is 56.1 Å². The number of morpholine rings is 1. The number of ether oxygens (including phenoxy) is 2. The van der Waals surface area contributed by atoms with Gasteiger partial charge in [0.15, 0.2) is 6.23 Å². The predicted molar refractivity (Wildman–Crippen MR) is 160 cm³/mol. The molecule has 0 bridgehead atoms. The first-order chi connectivity index (χ1) is 20.4. The van der Waals surface area contributed by atoms with E-state index in [1.807, 2.05) is 40.0 Å². The quantitative estimate of drug-likeness (QED) is 0.386. The molecule has 2 aromatic carbocycles. The molecule has 11 nitrogen and oxygen atoms in total. The summed E-state index contributed by atoms with van der Waals surface area (Å²) < 4.78 is 15.3. The highest BCUT2D eigenvalue weighted by Gasteiger charge is 2.39. The van der Waals surface area contributed by atoms with Crippen LogP contribution < -0.4 is 10.6 Å². The summed E-state index contributed by atoms with van der Waals surface area (Å²) in [7, 11) is 0. The highest BCUT2D eigenvalue weighted by molar-refractivity contribution is 5.95. The van der Waals surface area contributed by atoms with Crippen molar-refractivity contribution in [2.75, 3.05) is 44.4 Å². The van der Waals surface area contributed by atoms with Crippen molar-refractivity contribution < 1.29 is 14.3 Å². The third kappa shape index (κ3) is 4.75. The van der Waals surface area contributed by atoms with Gasteiger partial charge in [0.25, 0.3) is 5.91 Å². The molecular weight excluding hydrogens is 532 g/mol. The van der Waals surface area contributed by atoms with E-state index in [0.29, 0.717) is 37.6 Å². The number of amides is 1. The molecule has 2 atom stereocenters. The number of rotatable bonds is 5. The van der Waals surface area contributed by atoms with Gasteiger partial charge in [-0.05, 0) is 82.0 Å². The Morgan fingerprint density at radius 2 is 1.76 bits per heavy atom. The van der Waals surface area contributed by atoms with Crippen LogP contribution in [0.25, 0.3) is 28.0 Å². The Hall–Kier alpha value is -3.80. The lowest BCUT2D eigenvalue weighted by atomic mass is 9.96. The summed E-state index contributed by atoms with van der Waals surface area (Å²) in [6.45, 7) is 8.45. The van der Waals surface area contributed by atoms with Crippen LogP contribution >= 0.6 is 0 Å². The number of benzene rings is 2. The number of anilines is 1. The summed E-state index contributed by atoms with van der Waals surface area (Å²) >= 11 is 0. The Morgan fingerprint density at radius 3 is 2.48 bits per heavy atom. The minimum absolute atomic E-state index is 0.0176. The van der Waals surface area contributed by atoms with Crippen molar-refractivity contribution in [3.05, 3.63) is 54.2 Å². The number of aromatic nitrogens is 5. The third-order valence-electron chi connectivity index (χ3n) is 9.11. The fourth-order valence-electron chi connectivity index (χ4n) is 6.40. The van der Waals surface area contributed by atoms with E-state index in [1.54, 1.807) is 4.68 Å². The minimum atomic E-state index is -0.144. The van der Waals surface area contributed by atoms with Crippen LogP contribution in [0.15, 0.2) is 48.7 Å². The fourth-order valence-corrected chi connectivity index (χ4v) is 6.40. The van der Waals surface area contributed by atoms with Gasteiger partial charge in [-0.25, -0.2) is 9.36 Å². The molecule has 0 saturated carbocycles. The number of hydrogen-bond donors (Lipinski definition) is 1. The number of fused-ring (bicyclic) bond motifs is 1. The Labute approximate surface area is 245 Å². The Bertz CT molecular complexity index is 1580. The second-order valence-electron chi connectivity index (χ2n) is 12.0. The van der Waals surface area contributed by atoms with Crippen molar-refractivity contribution in [2.45, 2.75) is 57.3 Å². The highest BCUT2D eigenvalue weighted by atomic mass is 16.5. The number of nitrogens with zero attached hydrogens (tertiary/aromatic N) is 7. The second-order valence-corrected chi connectivity index (χ2v) is 12.0. The molecule has 3 saturated heterocycles. The van der Waals surface area contributed by atoms with E-state index >= 15 is 0 Å². The first kappa shape index (κ1) is 27.1. The molecule has 5 heterocycles. The normalized spacial score (nSPS) is 22.6. The minimum Gasteiger partial charge on any atom is -0.378 e. The zero-order valence-electron chi connectivity index (χ0n) is 24.3. The standard InChI is InChI=1S/C31H38N8O3/c1-31(2)27(32)12-13-37(31)23-10-11-26-24(19-23)29(34-39(26)28-5-3-4-16-42-28)25-20-38(35-33-25)22-8-6-21(7-9-22)30(40)36-14-17-41-18-15-36/h6-11,19-20,27-28H,3-5,12-18,32H2,1-2H3. The van der Waals surface area contributed by atoms with Gasteiger partial charge in [-0.3, -0.25) is 4.79 Å². The summed E-state index contributed by atoms with van der Waals surface area (Å²) in [5, 5.41) is 15.1. The molecule has 2 N–H and O–H groups in total. The number of carbonyl (C=O) groups is 1. The van der Waals surface area contributed by atoms with Crippen LogP contribution in [0.3, 0.4) is 0 Å². The Kier molecular flexibility index (Phi) is 6.95. The average molecular weight is 571 g/mol. The largest absolute Gasteiger partial charge is 0.378 e. The summed E-state index contributed by atoms with van der Waals surface area (Å²) in [6, 6.07) is 14.1. The van der Waals surface area contributed by atoms with E-state index in [9.17, 15) is 4.79 Å². The lowest BCUT2D eigenvalue weighted by Gasteiger charge is -2.36. The summed E-state index contributed by atoms with van der Waals surface area (Å²) in [5.74, 6) is 0.0176. The van der Waals surface area contributed by atoms with Gasteiger partial charge >= 0.3 is 0 Å². The van der Waals surface area contributed by atoms with Gasteiger partial charge in [-0.2, -0.15) is 5.10 Å². The molecule has 2 unspecified atom stereocenters. The summed E-state index contributed by atoms with van der Waals surface area (Å²) in [4.78, 5) is 17.1. The Balaban J connectivity index is 1.23. The van der Waals surface area contributed by atoms with Crippen LogP contribution in [0.4, 0.5) is 5.69 Å². The lowest BCUT2D eigenvalue weighted by molar-refractivity contribution is -0.0365. The lowest BCUT2D eigenvalue weighted by Crippen LogP contribution is -2.48. The number of carbonyl (C=O) groups excluding carboxylic acids is 1. The fraction of sp³-hybridized carbons (Fsp3) is 0.484. The van der Waals surface area contributed by atoms with Crippen molar-refractivity contribution >= 4 is 22.5 Å². The van der Waals surface area contributed by atoms with Gasteiger partial charge in [-0.1, -0.05) is 5.21 Å². The van der Waals surface area contributed by atoms with Crippen LogP contribution in [0, 0.1) is 0 Å². The maximum atomic E-state index is 12.9. The number of nitrogens with two attached hydrogens (primary N) is 1. The van der Waals surface area contributed by atoms with Crippen LogP contribution in [0.5, 0.6) is 0 Å². The first-order valence-corrected chi connectivity index (χ1v) is 15.0. The van der Waals surface area contributed by atoms with E-state index in [4.69, 9.17) is 20.3 Å². The van der Waals surface area contributed by atoms with Crippen molar-refractivity contribution in [3.8, 4) is 17.1 Å². The maximum Gasteiger partial charge on any atom is 0.254 e. The molecule has 42 heavy (non-hydrogen) atoms. The molecule has 3 fully saturated rings. The molecule has 3 aliphatic rings. The molecule has 220 valence electrons. The van der Waals surface area contributed by atoms with Crippen molar-refractivity contribution in [1.82, 2.24) is 29.7 Å². The van der Waals surface area contributed by atoms with Gasteiger partial charge in [0.05, 0.1) is 30.6 Å². The van der Waals surface area contributed by atoms with E-state index in [2.05, 4.69) is 47.3 Å². The second kappa shape index (κ2) is 10.8.